The molecule has 4 N–H and O–H groups in total. The van der Waals surface area contributed by atoms with Crippen LogP contribution in [0.15, 0.2) is 158 Å². The van der Waals surface area contributed by atoms with Gasteiger partial charge in [-0.1, -0.05) is 145 Å². The highest BCUT2D eigenvalue weighted by Gasteiger charge is 2.51. The van der Waals surface area contributed by atoms with Crippen LogP contribution in [-0.2, 0) is 0 Å². The van der Waals surface area contributed by atoms with Gasteiger partial charge in [-0.05, 0) is 155 Å². The number of nitrogens with zero attached hydrogens (tertiary/aromatic N) is 1. The van der Waals surface area contributed by atoms with Gasteiger partial charge in [0, 0.05) is 32.3 Å². The van der Waals surface area contributed by atoms with Crippen molar-refractivity contribution in [3.8, 4) is 11.5 Å². The fourth-order valence-corrected chi connectivity index (χ4v) is 9.83. The van der Waals surface area contributed by atoms with Crippen LogP contribution in [0.25, 0.3) is 22.3 Å². The molecule has 6 heteroatoms. The van der Waals surface area contributed by atoms with Gasteiger partial charge in [0.15, 0.2) is 0 Å². The average molecular weight is 868 g/mol. The third kappa shape index (κ3) is 11.6. The second kappa shape index (κ2) is 22.4. The third-order valence-electron chi connectivity index (χ3n) is 13.7. The number of aliphatic hydroxyl groups is 3. The minimum Gasteiger partial charge on any atom is -0.508 e. The summed E-state index contributed by atoms with van der Waals surface area (Å²) in [5.41, 5.74) is 14.5. The van der Waals surface area contributed by atoms with Crippen molar-refractivity contribution in [1.29, 1.82) is 0 Å². The first-order valence-electron chi connectivity index (χ1n) is 23.8. The van der Waals surface area contributed by atoms with E-state index >= 15 is 0 Å². The number of hydrogen-bond acceptors (Lipinski definition) is 6. The SMILES string of the molecule is Cc1ccc(/C(=C(\CCCO)c2ccccc2)c2ccc(C3CCC3)cc2)cc1.OCCC/C(=C(\c1ccc(O)cc1)c1ccc(OCCN2C[C@H]3C[C@H]3[C@H]2CO)cc1)c1ccccc1. The number of phenolic OH excluding ortho intramolecular Hbond substituents is 1. The monoisotopic (exact) mass is 867 g/mol. The Morgan fingerprint density at radius 2 is 1.08 bits per heavy atom. The number of benzene rings is 6. The average Bonchev–Trinajstić information content (AvgIpc) is 4.00. The lowest BCUT2D eigenvalue weighted by Gasteiger charge is -2.26. The molecule has 3 atom stereocenters. The number of aryl methyl sites for hydroxylation is 1. The first kappa shape index (κ1) is 45.8. The molecule has 0 radical (unpaired) electrons. The maximum atomic E-state index is 9.87. The highest BCUT2D eigenvalue weighted by molar-refractivity contribution is 5.99. The van der Waals surface area contributed by atoms with Gasteiger partial charge in [0.1, 0.15) is 18.1 Å². The van der Waals surface area contributed by atoms with Gasteiger partial charge in [-0.3, -0.25) is 4.90 Å². The highest BCUT2D eigenvalue weighted by atomic mass is 16.5. The van der Waals surface area contributed by atoms with Crippen molar-refractivity contribution in [3.63, 3.8) is 0 Å². The van der Waals surface area contributed by atoms with Gasteiger partial charge < -0.3 is 25.2 Å². The summed E-state index contributed by atoms with van der Waals surface area (Å²) in [4.78, 5) is 2.37. The predicted molar refractivity (Wildman–Crippen MR) is 266 cm³/mol. The summed E-state index contributed by atoms with van der Waals surface area (Å²) < 4.78 is 6.07. The van der Waals surface area contributed by atoms with Crippen molar-refractivity contribution in [3.05, 3.63) is 202 Å². The van der Waals surface area contributed by atoms with E-state index < -0.39 is 0 Å². The standard InChI is InChI=1S/C31H35NO4.C28H30O/c33-17-4-7-28(22-5-2-1-3-6-22)31(23-8-12-26(35)13-9-23)24-10-14-27(15-11-24)36-18-16-32-20-25-19-29(25)30(32)21-34;1-21-12-14-25(15-13-21)28(26-18-16-23(17-19-26)22-9-5-10-22)27(11-6-20-29)24-7-3-2-4-8-24/h1-3,5-6,8-15,25,29-30,33-35H,4,7,16-21H2;2-4,7-8,12-19,22,29H,5-6,9-11,20H2,1H3/b31-28-;28-27-/t25-,29-,30-;/m1./s1. The minimum absolute atomic E-state index is 0.127. The lowest BCUT2D eigenvalue weighted by atomic mass is 9.79. The summed E-state index contributed by atoms with van der Waals surface area (Å²) in [5, 5.41) is 38.7. The van der Waals surface area contributed by atoms with E-state index in [1.807, 2.05) is 42.5 Å². The molecule has 6 aromatic carbocycles. The van der Waals surface area contributed by atoms with Gasteiger partial charge in [-0.15, -0.1) is 0 Å². The zero-order valence-corrected chi connectivity index (χ0v) is 37.9. The first-order chi connectivity index (χ1) is 31.9. The van der Waals surface area contributed by atoms with Crippen LogP contribution < -0.4 is 4.74 Å². The van der Waals surface area contributed by atoms with Crippen LogP contribution in [0.5, 0.6) is 11.5 Å². The van der Waals surface area contributed by atoms with Crippen molar-refractivity contribution in [2.75, 3.05) is 39.5 Å². The number of fused-ring (bicyclic) bond motifs is 1. The van der Waals surface area contributed by atoms with E-state index in [-0.39, 0.29) is 25.6 Å². The summed E-state index contributed by atoms with van der Waals surface area (Å²) in [6.07, 6.45) is 8.30. The number of phenols is 1. The van der Waals surface area contributed by atoms with Crippen LogP contribution in [0.1, 0.15) is 102 Å². The molecule has 0 unspecified atom stereocenters. The van der Waals surface area contributed by atoms with E-state index in [2.05, 4.69) is 115 Å². The van der Waals surface area contributed by atoms with Crippen LogP contribution >= 0.6 is 0 Å². The number of aromatic hydroxyl groups is 1. The zero-order chi connectivity index (χ0) is 45.0. The van der Waals surface area contributed by atoms with Gasteiger partial charge in [0.2, 0.25) is 0 Å². The molecule has 1 heterocycles. The maximum Gasteiger partial charge on any atom is 0.119 e. The molecule has 1 saturated heterocycles. The van der Waals surface area contributed by atoms with E-state index in [0.29, 0.717) is 25.0 Å². The molecule has 1 aliphatic heterocycles. The Balaban J connectivity index is 0.000000181. The number of allylic oxidation sites excluding steroid dienone is 2. The van der Waals surface area contributed by atoms with Crippen molar-refractivity contribution in [2.45, 2.75) is 70.3 Å². The number of hydrogen-bond donors (Lipinski definition) is 4. The molecule has 2 aliphatic carbocycles. The molecule has 6 nitrogen and oxygen atoms in total. The molecule has 0 amide bonds. The molecular weight excluding hydrogens is 803 g/mol. The number of aliphatic hydroxyl groups excluding tert-OH is 3. The van der Waals surface area contributed by atoms with Gasteiger partial charge in [-0.2, -0.15) is 0 Å². The van der Waals surface area contributed by atoms with Crippen LogP contribution in [-0.4, -0.2) is 70.9 Å². The molecule has 3 aliphatic rings. The fraction of sp³-hybridized carbons (Fsp3) is 0.322. The lowest BCUT2D eigenvalue weighted by molar-refractivity contribution is 0.120. The zero-order valence-electron chi connectivity index (χ0n) is 37.9. The van der Waals surface area contributed by atoms with Crippen LogP contribution in [0.4, 0.5) is 0 Å². The molecule has 0 aromatic heterocycles. The minimum atomic E-state index is 0.127. The van der Waals surface area contributed by atoms with Crippen molar-refractivity contribution in [1.82, 2.24) is 4.90 Å². The summed E-state index contributed by atoms with van der Waals surface area (Å²) in [6, 6.07) is 54.8. The lowest BCUT2D eigenvalue weighted by Crippen LogP contribution is -2.38. The Morgan fingerprint density at radius 1 is 0.585 bits per heavy atom. The van der Waals surface area contributed by atoms with E-state index in [1.165, 1.54) is 64.6 Å². The number of likely N-dealkylation sites (tertiary alicyclic amines) is 1. The maximum absolute atomic E-state index is 9.87. The second-order valence-electron chi connectivity index (χ2n) is 18.0. The van der Waals surface area contributed by atoms with Crippen LogP contribution in [0.2, 0.25) is 0 Å². The van der Waals surface area contributed by atoms with E-state index in [1.54, 1.807) is 12.1 Å². The molecule has 336 valence electrons. The van der Waals surface area contributed by atoms with Crippen molar-refractivity contribution in [2.24, 2.45) is 11.8 Å². The van der Waals surface area contributed by atoms with Gasteiger partial charge in [-0.25, -0.2) is 0 Å². The largest absolute Gasteiger partial charge is 0.508 e. The number of ether oxygens (including phenoxy) is 1. The van der Waals surface area contributed by atoms with E-state index in [0.717, 1.165) is 77.8 Å². The number of rotatable bonds is 18. The summed E-state index contributed by atoms with van der Waals surface area (Å²) >= 11 is 0. The highest BCUT2D eigenvalue weighted by Crippen LogP contribution is 2.49. The van der Waals surface area contributed by atoms with Crippen LogP contribution in [0.3, 0.4) is 0 Å². The Labute approximate surface area is 386 Å². The quantitative estimate of drug-likeness (QED) is 0.0643. The first-order valence-corrected chi connectivity index (χ1v) is 23.8. The fourth-order valence-electron chi connectivity index (χ4n) is 9.83. The second-order valence-corrected chi connectivity index (χ2v) is 18.0. The Bertz CT molecular complexity index is 2460. The third-order valence-corrected chi connectivity index (χ3v) is 13.7. The summed E-state index contributed by atoms with van der Waals surface area (Å²) in [5.74, 6) is 3.27. The Morgan fingerprint density at radius 3 is 1.55 bits per heavy atom. The normalized spacial score (nSPS) is 18.7. The van der Waals surface area contributed by atoms with Gasteiger partial charge >= 0.3 is 0 Å². The molecule has 9 rings (SSSR count). The molecular formula is C59H65NO5. The molecule has 0 spiro atoms. The van der Waals surface area contributed by atoms with E-state index in [4.69, 9.17) is 4.74 Å². The topological polar surface area (TPSA) is 93.4 Å². The van der Waals surface area contributed by atoms with Crippen molar-refractivity contribution < 1.29 is 25.2 Å². The molecule has 6 aromatic rings. The van der Waals surface area contributed by atoms with Gasteiger partial charge in [0.25, 0.3) is 0 Å². The van der Waals surface area contributed by atoms with Crippen molar-refractivity contribution >= 4 is 22.3 Å². The molecule has 0 bridgehead atoms. The molecule has 65 heavy (non-hydrogen) atoms. The Hall–Kier alpha value is -5.76. The smallest absolute Gasteiger partial charge is 0.119 e. The predicted octanol–water partition coefficient (Wildman–Crippen LogP) is 11.8. The summed E-state index contributed by atoms with van der Waals surface area (Å²) in [6.45, 7) is 5.21. The molecule has 3 fully saturated rings. The molecule has 2 saturated carbocycles. The van der Waals surface area contributed by atoms with E-state index in [9.17, 15) is 20.4 Å². The number of piperidine rings is 1. The van der Waals surface area contributed by atoms with Crippen LogP contribution in [0, 0.1) is 18.8 Å². The van der Waals surface area contributed by atoms with Gasteiger partial charge in [0.05, 0.1) is 6.61 Å². The Kier molecular flexibility index (Phi) is 15.8. The summed E-state index contributed by atoms with van der Waals surface area (Å²) in [7, 11) is 0.